The molecule has 11 aromatic rings. The molecule has 0 spiro atoms. The number of hydrogen-bond donors (Lipinski definition) is 0. The van der Waals surface area contributed by atoms with Crippen LogP contribution >= 0.6 is 0 Å². The van der Waals surface area contributed by atoms with E-state index in [1.807, 2.05) is 0 Å². The zero-order chi connectivity index (χ0) is 39.1. The lowest BCUT2D eigenvalue weighted by Crippen LogP contribution is -2.60. The van der Waals surface area contributed by atoms with E-state index >= 15 is 0 Å². The van der Waals surface area contributed by atoms with Gasteiger partial charge in [-0.3, -0.25) is 0 Å². The summed E-state index contributed by atoms with van der Waals surface area (Å²) in [5.74, 6) is 0. The van der Waals surface area contributed by atoms with Crippen molar-refractivity contribution in [1.29, 1.82) is 0 Å². The highest BCUT2D eigenvalue weighted by atomic mass is 15.0. The van der Waals surface area contributed by atoms with E-state index in [1.54, 1.807) is 0 Å². The standard InChI is InChI=1S/C56H39BN2/c1-56(2,3)41-32-44-43-27-37-23-13-14-24-38(37)29-47(43)58-48-30-40(34-17-7-4-8-18-34)31-49-52(48)57(46(33-41)54(44)58)51-42-26-16-15-25-39(42)28-45-50(35-19-9-5-10-20-35)53(59(49)55(45)51)36-21-11-6-12-22-36/h4-33H,1-3H3. The third kappa shape index (κ3) is 4.48. The van der Waals surface area contributed by atoms with Crippen molar-refractivity contribution in [3.8, 4) is 44.9 Å². The Labute approximate surface area is 343 Å². The topological polar surface area (TPSA) is 9.86 Å². The molecular formula is C56H39BN2. The predicted octanol–water partition coefficient (Wildman–Crippen LogP) is 12.5. The third-order valence-corrected chi connectivity index (χ3v) is 13.4. The first-order valence-corrected chi connectivity index (χ1v) is 20.9. The largest absolute Gasteiger partial charge is 0.310 e. The van der Waals surface area contributed by atoms with Gasteiger partial charge in [-0.15, -0.1) is 0 Å². The minimum absolute atomic E-state index is 0.00379. The zero-order valence-electron chi connectivity index (χ0n) is 33.3. The monoisotopic (exact) mass is 750 g/mol. The van der Waals surface area contributed by atoms with Crippen molar-refractivity contribution in [2.24, 2.45) is 0 Å². The molecule has 2 aliphatic rings. The molecular weight excluding hydrogens is 711 g/mol. The van der Waals surface area contributed by atoms with Crippen LogP contribution in [0.1, 0.15) is 26.3 Å². The number of aromatic nitrogens is 2. The molecule has 0 radical (unpaired) electrons. The summed E-state index contributed by atoms with van der Waals surface area (Å²) in [5, 5.41) is 9.05. The van der Waals surface area contributed by atoms with Gasteiger partial charge >= 0.3 is 0 Å². The summed E-state index contributed by atoms with van der Waals surface area (Å²) in [6.07, 6.45) is 0. The zero-order valence-corrected chi connectivity index (χ0v) is 33.3. The normalized spacial score (nSPS) is 13.0. The fourth-order valence-corrected chi connectivity index (χ4v) is 10.8. The van der Waals surface area contributed by atoms with E-state index in [0.29, 0.717) is 0 Å². The number of nitrogens with zero attached hydrogens (tertiary/aromatic N) is 2. The summed E-state index contributed by atoms with van der Waals surface area (Å²) < 4.78 is 5.30. The molecule has 59 heavy (non-hydrogen) atoms. The van der Waals surface area contributed by atoms with Crippen LogP contribution in [0.15, 0.2) is 182 Å². The smallest absolute Gasteiger partial charge is 0.253 e. The summed E-state index contributed by atoms with van der Waals surface area (Å²) in [6.45, 7) is 7.10. The SMILES string of the molecule is CC(C)(C)c1cc2c3c(c1)c1cc4ccccc4cc1n3-c1cc(-c3ccccc3)cc3c1B2c1c2ccccc2cc2c(-c4ccccc4)c(-c4ccccc4)n-3c12. The molecule has 9 aromatic carbocycles. The van der Waals surface area contributed by atoms with Gasteiger partial charge in [0.25, 0.3) is 6.71 Å². The molecule has 4 heterocycles. The summed E-state index contributed by atoms with van der Waals surface area (Å²) in [5.41, 5.74) is 19.2. The van der Waals surface area contributed by atoms with Gasteiger partial charge in [-0.05, 0) is 108 Å². The molecule has 0 atom stereocenters. The molecule has 2 nitrogen and oxygen atoms in total. The Kier molecular flexibility index (Phi) is 6.56. The first-order chi connectivity index (χ1) is 28.9. The highest BCUT2D eigenvalue weighted by molar-refractivity contribution is 7.01. The van der Waals surface area contributed by atoms with E-state index < -0.39 is 0 Å². The van der Waals surface area contributed by atoms with Gasteiger partial charge in [-0.25, -0.2) is 0 Å². The van der Waals surface area contributed by atoms with E-state index in [-0.39, 0.29) is 12.1 Å². The van der Waals surface area contributed by atoms with Gasteiger partial charge < -0.3 is 9.13 Å². The van der Waals surface area contributed by atoms with E-state index in [4.69, 9.17) is 0 Å². The summed E-state index contributed by atoms with van der Waals surface area (Å²) >= 11 is 0. The van der Waals surface area contributed by atoms with Gasteiger partial charge in [0.2, 0.25) is 0 Å². The van der Waals surface area contributed by atoms with Crippen LogP contribution in [0.2, 0.25) is 0 Å². The summed E-state index contributed by atoms with van der Waals surface area (Å²) in [4.78, 5) is 0. The van der Waals surface area contributed by atoms with Crippen molar-refractivity contribution in [2.45, 2.75) is 26.2 Å². The molecule has 276 valence electrons. The summed E-state index contributed by atoms with van der Waals surface area (Å²) in [7, 11) is 0. The average Bonchev–Trinajstić information content (AvgIpc) is 3.79. The first kappa shape index (κ1) is 32.9. The molecule has 2 aromatic heterocycles. The molecule has 3 heteroatoms. The van der Waals surface area contributed by atoms with Crippen LogP contribution in [0.3, 0.4) is 0 Å². The molecule has 2 aliphatic heterocycles. The molecule has 0 amide bonds. The van der Waals surface area contributed by atoms with Crippen LogP contribution in [-0.4, -0.2) is 15.8 Å². The lowest BCUT2D eigenvalue weighted by molar-refractivity contribution is 0.591. The summed E-state index contributed by atoms with van der Waals surface area (Å²) in [6, 6.07) is 68.6. The van der Waals surface area contributed by atoms with Crippen molar-refractivity contribution in [2.75, 3.05) is 0 Å². The van der Waals surface area contributed by atoms with Crippen LogP contribution in [-0.2, 0) is 5.41 Å². The molecule has 0 N–H and O–H groups in total. The van der Waals surface area contributed by atoms with E-state index in [0.717, 1.165) is 0 Å². The Morgan fingerprint density at radius 1 is 0.407 bits per heavy atom. The maximum absolute atomic E-state index is 2.66. The second-order valence-electron chi connectivity index (χ2n) is 17.7. The second-order valence-corrected chi connectivity index (χ2v) is 17.7. The number of hydrogen-bond acceptors (Lipinski definition) is 0. The minimum atomic E-state index is -0.0554. The molecule has 0 aliphatic carbocycles. The highest BCUT2D eigenvalue weighted by Crippen LogP contribution is 2.47. The van der Waals surface area contributed by atoms with Crippen molar-refractivity contribution >= 4 is 77.4 Å². The van der Waals surface area contributed by atoms with Gasteiger partial charge in [-0.1, -0.05) is 166 Å². The van der Waals surface area contributed by atoms with Crippen molar-refractivity contribution < 1.29 is 0 Å². The van der Waals surface area contributed by atoms with Gasteiger partial charge in [0.05, 0.1) is 16.7 Å². The second kappa shape index (κ2) is 11.7. The van der Waals surface area contributed by atoms with E-state index in [9.17, 15) is 0 Å². The Morgan fingerprint density at radius 3 is 1.68 bits per heavy atom. The highest BCUT2D eigenvalue weighted by Gasteiger charge is 2.43. The maximum Gasteiger partial charge on any atom is 0.253 e. The number of rotatable bonds is 3. The average molecular weight is 751 g/mol. The van der Waals surface area contributed by atoms with Crippen molar-refractivity contribution in [1.82, 2.24) is 9.13 Å². The lowest BCUT2D eigenvalue weighted by atomic mass is 9.33. The molecule has 0 bridgehead atoms. The maximum atomic E-state index is 2.66. The molecule has 13 rings (SSSR count). The Balaban J connectivity index is 1.31. The van der Waals surface area contributed by atoms with Crippen molar-refractivity contribution in [3.63, 3.8) is 0 Å². The predicted molar refractivity (Wildman–Crippen MR) is 252 cm³/mol. The fraction of sp³-hybridized carbons (Fsp3) is 0.0714. The Morgan fingerprint density at radius 2 is 0.983 bits per heavy atom. The van der Waals surface area contributed by atoms with Gasteiger partial charge in [-0.2, -0.15) is 0 Å². The minimum Gasteiger partial charge on any atom is -0.310 e. The van der Waals surface area contributed by atoms with Crippen LogP contribution < -0.4 is 16.4 Å². The van der Waals surface area contributed by atoms with Gasteiger partial charge in [0, 0.05) is 38.6 Å². The molecule has 0 saturated carbocycles. The molecule has 0 saturated heterocycles. The lowest BCUT2D eigenvalue weighted by Gasteiger charge is -2.36. The fourth-order valence-electron chi connectivity index (χ4n) is 10.8. The van der Waals surface area contributed by atoms with Crippen LogP contribution in [0.4, 0.5) is 0 Å². The van der Waals surface area contributed by atoms with Crippen molar-refractivity contribution in [3.05, 3.63) is 188 Å². The Bertz CT molecular complexity index is 3570. The van der Waals surface area contributed by atoms with Crippen LogP contribution in [0, 0.1) is 0 Å². The molecule has 0 unspecified atom stereocenters. The number of benzene rings is 9. The van der Waals surface area contributed by atoms with E-state index in [1.165, 1.54) is 121 Å². The van der Waals surface area contributed by atoms with Gasteiger partial charge in [0.1, 0.15) is 0 Å². The first-order valence-electron chi connectivity index (χ1n) is 20.9. The van der Waals surface area contributed by atoms with Gasteiger partial charge in [0.15, 0.2) is 0 Å². The Hall–Kier alpha value is -7.10. The number of fused-ring (bicyclic) bond motifs is 10. The van der Waals surface area contributed by atoms with Crippen LogP contribution in [0.5, 0.6) is 0 Å². The quantitative estimate of drug-likeness (QED) is 0.159. The molecule has 0 fully saturated rings. The van der Waals surface area contributed by atoms with E-state index in [2.05, 4.69) is 212 Å². The third-order valence-electron chi connectivity index (χ3n) is 13.4. The van der Waals surface area contributed by atoms with Crippen LogP contribution in [0.25, 0.3) is 99.1 Å².